The third kappa shape index (κ3) is 2.10. The van der Waals surface area contributed by atoms with Gasteiger partial charge in [-0.1, -0.05) is 23.7 Å². The Balaban J connectivity index is 2.69. The van der Waals surface area contributed by atoms with Crippen LogP contribution in [0.4, 0.5) is 5.69 Å². The van der Waals surface area contributed by atoms with E-state index in [0.29, 0.717) is 11.1 Å². The molecule has 0 atom stereocenters. The largest absolute Gasteiger partial charge is 0.273 e. The summed E-state index contributed by atoms with van der Waals surface area (Å²) in [6, 6.07) is 4.51. The molecule has 1 heterocycles. The van der Waals surface area contributed by atoms with Crippen LogP contribution in [-0.4, -0.2) is 15.1 Å². The summed E-state index contributed by atoms with van der Waals surface area (Å²) in [5.74, 6) is 0. The van der Waals surface area contributed by atoms with E-state index in [2.05, 4.69) is 10.2 Å². The molecule has 0 radical (unpaired) electrons. The summed E-state index contributed by atoms with van der Waals surface area (Å²) < 4.78 is 0. The van der Waals surface area contributed by atoms with Crippen LogP contribution in [0.15, 0.2) is 29.2 Å². The number of aromatic amines is 1. The molecule has 1 aromatic heterocycles. The number of rotatable bonds is 2. The Labute approximate surface area is 106 Å². The van der Waals surface area contributed by atoms with Gasteiger partial charge in [0.25, 0.3) is 11.2 Å². The van der Waals surface area contributed by atoms with Gasteiger partial charge in [-0.25, -0.2) is 5.10 Å². The maximum absolute atomic E-state index is 11.6. The fourth-order valence-corrected chi connectivity index (χ4v) is 1.85. The van der Waals surface area contributed by atoms with Crippen LogP contribution in [-0.2, 0) is 0 Å². The molecule has 1 aromatic carbocycles. The summed E-state index contributed by atoms with van der Waals surface area (Å²) in [6.45, 7) is 1.63. The summed E-state index contributed by atoms with van der Waals surface area (Å²) in [5.41, 5.74) is 0.543. The highest BCUT2D eigenvalue weighted by atomic mass is 35.5. The first kappa shape index (κ1) is 12.3. The third-order valence-electron chi connectivity index (χ3n) is 2.50. The number of nitro groups is 1. The standard InChI is InChI=1S/C11H8ClN3O3/c1-6-2-3-7(4-9(6)15(17)18)10-8(12)5-13-14-11(10)16/h2-5H,1H3,(H,14,16). The van der Waals surface area contributed by atoms with Gasteiger partial charge >= 0.3 is 0 Å². The quantitative estimate of drug-likeness (QED) is 0.666. The van der Waals surface area contributed by atoms with Gasteiger partial charge in [0, 0.05) is 11.6 Å². The van der Waals surface area contributed by atoms with E-state index in [1.54, 1.807) is 19.1 Å². The number of nitrogens with one attached hydrogen (secondary N) is 1. The lowest BCUT2D eigenvalue weighted by atomic mass is 10.0. The predicted molar refractivity (Wildman–Crippen MR) is 66.7 cm³/mol. The normalized spacial score (nSPS) is 10.3. The van der Waals surface area contributed by atoms with Gasteiger partial charge in [-0.05, 0) is 12.5 Å². The van der Waals surface area contributed by atoms with Crippen molar-refractivity contribution in [1.82, 2.24) is 10.2 Å². The van der Waals surface area contributed by atoms with Crippen LogP contribution in [0.1, 0.15) is 5.56 Å². The van der Waals surface area contributed by atoms with Gasteiger partial charge in [-0.15, -0.1) is 0 Å². The van der Waals surface area contributed by atoms with E-state index >= 15 is 0 Å². The third-order valence-corrected chi connectivity index (χ3v) is 2.79. The van der Waals surface area contributed by atoms with E-state index in [4.69, 9.17) is 11.6 Å². The van der Waals surface area contributed by atoms with Crippen molar-refractivity contribution in [2.75, 3.05) is 0 Å². The summed E-state index contributed by atoms with van der Waals surface area (Å²) in [6.07, 6.45) is 1.28. The minimum atomic E-state index is -0.498. The van der Waals surface area contributed by atoms with Gasteiger partial charge in [-0.3, -0.25) is 14.9 Å². The minimum absolute atomic E-state index is 0.0558. The second-order valence-electron chi connectivity index (χ2n) is 3.68. The highest BCUT2D eigenvalue weighted by Gasteiger charge is 2.15. The van der Waals surface area contributed by atoms with Crippen molar-refractivity contribution < 1.29 is 4.92 Å². The van der Waals surface area contributed by atoms with Gasteiger partial charge in [0.1, 0.15) is 0 Å². The summed E-state index contributed by atoms with van der Waals surface area (Å²) in [5, 5.41) is 16.8. The first-order valence-electron chi connectivity index (χ1n) is 4.99. The maximum atomic E-state index is 11.6. The molecular weight excluding hydrogens is 258 g/mol. The Hall–Kier alpha value is -2.21. The fourth-order valence-electron chi connectivity index (χ4n) is 1.61. The molecule has 0 saturated carbocycles. The highest BCUT2D eigenvalue weighted by molar-refractivity contribution is 6.33. The summed E-state index contributed by atoms with van der Waals surface area (Å²) in [4.78, 5) is 22.0. The molecule has 18 heavy (non-hydrogen) atoms. The minimum Gasteiger partial charge on any atom is -0.267 e. The van der Waals surface area contributed by atoms with Gasteiger partial charge in [0.05, 0.1) is 21.7 Å². The molecule has 0 fully saturated rings. The molecule has 92 valence electrons. The summed E-state index contributed by atoms with van der Waals surface area (Å²) >= 11 is 5.88. The Morgan fingerprint density at radius 3 is 2.78 bits per heavy atom. The lowest BCUT2D eigenvalue weighted by Gasteiger charge is -2.04. The summed E-state index contributed by atoms with van der Waals surface area (Å²) in [7, 11) is 0. The van der Waals surface area contributed by atoms with E-state index in [1.165, 1.54) is 12.3 Å². The van der Waals surface area contributed by atoms with Crippen LogP contribution in [0.3, 0.4) is 0 Å². The number of aryl methyl sites for hydroxylation is 1. The van der Waals surface area contributed by atoms with Crippen LogP contribution in [0.2, 0.25) is 5.02 Å². The number of nitrogens with zero attached hydrogens (tertiary/aromatic N) is 2. The van der Waals surface area contributed by atoms with E-state index in [0.717, 1.165) is 0 Å². The van der Waals surface area contributed by atoms with Gasteiger partial charge in [0.15, 0.2) is 0 Å². The molecule has 0 saturated heterocycles. The van der Waals surface area contributed by atoms with E-state index in [9.17, 15) is 14.9 Å². The van der Waals surface area contributed by atoms with E-state index in [1.807, 2.05) is 0 Å². The molecule has 7 heteroatoms. The molecule has 2 rings (SSSR count). The molecule has 6 nitrogen and oxygen atoms in total. The van der Waals surface area contributed by atoms with Crippen molar-refractivity contribution in [3.05, 3.63) is 55.5 Å². The number of benzene rings is 1. The van der Waals surface area contributed by atoms with Crippen molar-refractivity contribution in [2.24, 2.45) is 0 Å². The van der Waals surface area contributed by atoms with Crippen LogP contribution in [0.5, 0.6) is 0 Å². The lowest BCUT2D eigenvalue weighted by Crippen LogP contribution is -2.10. The van der Waals surface area contributed by atoms with Crippen molar-refractivity contribution in [2.45, 2.75) is 6.92 Å². The Bertz CT molecular complexity index is 681. The molecule has 1 N–H and O–H groups in total. The zero-order valence-corrected chi connectivity index (χ0v) is 10.1. The van der Waals surface area contributed by atoms with Crippen LogP contribution in [0.25, 0.3) is 11.1 Å². The van der Waals surface area contributed by atoms with Crippen molar-refractivity contribution >= 4 is 17.3 Å². The molecular formula is C11H8ClN3O3. The van der Waals surface area contributed by atoms with Gasteiger partial charge < -0.3 is 0 Å². The van der Waals surface area contributed by atoms with Crippen LogP contribution >= 0.6 is 11.6 Å². The van der Waals surface area contributed by atoms with E-state index < -0.39 is 10.5 Å². The molecule has 0 aliphatic carbocycles. The molecule has 0 bridgehead atoms. The number of hydrogen-bond donors (Lipinski definition) is 1. The van der Waals surface area contributed by atoms with Crippen LogP contribution in [0, 0.1) is 17.0 Å². The molecule has 0 amide bonds. The second kappa shape index (κ2) is 4.58. The first-order valence-corrected chi connectivity index (χ1v) is 5.37. The zero-order chi connectivity index (χ0) is 13.3. The molecule has 0 aliphatic heterocycles. The Kier molecular flexibility index (Phi) is 3.12. The number of hydrogen-bond acceptors (Lipinski definition) is 4. The van der Waals surface area contributed by atoms with E-state index in [-0.39, 0.29) is 16.3 Å². The average molecular weight is 266 g/mol. The average Bonchev–Trinajstić information content (AvgIpc) is 2.30. The number of aromatic nitrogens is 2. The highest BCUT2D eigenvalue weighted by Crippen LogP contribution is 2.28. The lowest BCUT2D eigenvalue weighted by molar-refractivity contribution is -0.385. The Morgan fingerprint density at radius 2 is 2.17 bits per heavy atom. The van der Waals surface area contributed by atoms with Crippen molar-refractivity contribution in [3.8, 4) is 11.1 Å². The van der Waals surface area contributed by atoms with Gasteiger partial charge in [0.2, 0.25) is 0 Å². The number of halogens is 1. The second-order valence-corrected chi connectivity index (χ2v) is 4.09. The molecule has 0 spiro atoms. The molecule has 0 aliphatic rings. The molecule has 0 unspecified atom stereocenters. The monoisotopic (exact) mass is 265 g/mol. The van der Waals surface area contributed by atoms with Crippen molar-refractivity contribution in [3.63, 3.8) is 0 Å². The predicted octanol–water partition coefficient (Wildman–Crippen LogP) is 2.31. The molecule has 2 aromatic rings. The maximum Gasteiger partial charge on any atom is 0.273 e. The van der Waals surface area contributed by atoms with Crippen LogP contribution < -0.4 is 5.56 Å². The topological polar surface area (TPSA) is 88.9 Å². The SMILES string of the molecule is Cc1ccc(-c2c(Cl)cn[nH]c2=O)cc1[N+](=O)[O-]. The number of nitro benzene ring substituents is 1. The van der Waals surface area contributed by atoms with Gasteiger partial charge in [-0.2, -0.15) is 5.10 Å². The number of H-pyrrole nitrogens is 1. The zero-order valence-electron chi connectivity index (χ0n) is 9.31. The first-order chi connectivity index (χ1) is 8.50. The Morgan fingerprint density at radius 1 is 1.44 bits per heavy atom. The van der Waals surface area contributed by atoms with Crippen molar-refractivity contribution in [1.29, 1.82) is 0 Å². The smallest absolute Gasteiger partial charge is 0.267 e. The fraction of sp³-hybridized carbons (Fsp3) is 0.0909.